The van der Waals surface area contributed by atoms with E-state index in [-0.39, 0.29) is 11.9 Å². The number of carbonyl (C=O) groups excluding carboxylic acids is 1. The van der Waals surface area contributed by atoms with E-state index in [1.807, 2.05) is 4.90 Å². The van der Waals surface area contributed by atoms with Gasteiger partial charge < -0.3 is 10.6 Å². The smallest absolute Gasteiger partial charge is 0.226 e. The average molecular weight is 302 g/mol. The van der Waals surface area contributed by atoms with Gasteiger partial charge in [0.2, 0.25) is 5.91 Å². The number of amides is 1. The third kappa shape index (κ3) is 4.33. The predicted octanol–water partition coefficient (Wildman–Crippen LogP) is 3.68. The summed E-state index contributed by atoms with van der Waals surface area (Å²) in [5.74, 6) is 0.904. The van der Waals surface area contributed by atoms with E-state index >= 15 is 0 Å². The molecule has 0 fully saturated rings. The molecule has 0 saturated heterocycles. The van der Waals surface area contributed by atoms with Gasteiger partial charge in [-0.1, -0.05) is 39.3 Å². The molecule has 122 valence electrons. The number of carbonyl (C=O) groups is 1. The zero-order valence-corrected chi connectivity index (χ0v) is 14.3. The van der Waals surface area contributed by atoms with Crippen LogP contribution in [-0.2, 0) is 17.6 Å². The van der Waals surface area contributed by atoms with E-state index < -0.39 is 0 Å². The fourth-order valence-corrected chi connectivity index (χ4v) is 3.30. The maximum Gasteiger partial charge on any atom is 0.226 e. The fourth-order valence-electron chi connectivity index (χ4n) is 3.30. The van der Waals surface area contributed by atoms with Gasteiger partial charge in [-0.15, -0.1) is 0 Å². The van der Waals surface area contributed by atoms with Crippen molar-refractivity contribution in [2.45, 2.75) is 65.3 Å². The maximum absolute atomic E-state index is 12.3. The average Bonchev–Trinajstić information content (AvgIpc) is 2.86. The quantitative estimate of drug-likeness (QED) is 0.835. The molecule has 3 nitrogen and oxygen atoms in total. The summed E-state index contributed by atoms with van der Waals surface area (Å²) >= 11 is 0. The first-order valence-corrected chi connectivity index (χ1v) is 8.69. The van der Waals surface area contributed by atoms with Crippen LogP contribution in [0.4, 0.5) is 5.69 Å². The third-order valence-electron chi connectivity index (χ3n) is 4.36. The zero-order chi connectivity index (χ0) is 16.1. The van der Waals surface area contributed by atoms with E-state index in [4.69, 9.17) is 5.73 Å². The van der Waals surface area contributed by atoms with Crippen LogP contribution < -0.4 is 10.6 Å². The number of unbranched alkanes of at least 4 members (excludes halogenated alkanes) is 1. The standard InChI is InChI=1S/C19H30N2O/c1-4-5-6-19(22)21-10-9-16-12-15(7-8-18(16)21)13-17(20)11-14(2)3/h7-8,12,14,17H,4-6,9-11,13,20H2,1-3H3. The summed E-state index contributed by atoms with van der Waals surface area (Å²) in [6.45, 7) is 7.38. The van der Waals surface area contributed by atoms with Gasteiger partial charge >= 0.3 is 0 Å². The minimum atomic E-state index is 0.224. The number of nitrogens with zero attached hydrogens (tertiary/aromatic N) is 1. The lowest BCUT2D eigenvalue weighted by Gasteiger charge is -2.18. The van der Waals surface area contributed by atoms with Gasteiger partial charge in [-0.3, -0.25) is 4.79 Å². The molecule has 0 radical (unpaired) electrons. The van der Waals surface area contributed by atoms with Crippen molar-refractivity contribution >= 4 is 11.6 Å². The first-order chi connectivity index (χ1) is 10.5. The van der Waals surface area contributed by atoms with Crippen molar-refractivity contribution in [3.63, 3.8) is 0 Å². The highest BCUT2D eigenvalue weighted by Crippen LogP contribution is 2.30. The van der Waals surface area contributed by atoms with Gasteiger partial charge in [-0.25, -0.2) is 0 Å². The Morgan fingerprint density at radius 2 is 2.14 bits per heavy atom. The topological polar surface area (TPSA) is 46.3 Å². The lowest BCUT2D eigenvalue weighted by molar-refractivity contribution is -0.118. The molecule has 22 heavy (non-hydrogen) atoms. The summed E-state index contributed by atoms with van der Waals surface area (Å²) in [7, 11) is 0. The Balaban J connectivity index is 2.02. The fraction of sp³-hybridized carbons (Fsp3) is 0.632. The van der Waals surface area contributed by atoms with E-state index in [0.717, 1.165) is 44.3 Å². The molecule has 0 spiro atoms. The number of nitrogens with two attached hydrogens (primary N) is 1. The molecule has 1 aromatic rings. The molecular formula is C19H30N2O. The molecule has 1 unspecified atom stereocenters. The van der Waals surface area contributed by atoms with E-state index in [9.17, 15) is 4.79 Å². The Labute approximate surface area is 134 Å². The van der Waals surface area contributed by atoms with Gasteiger partial charge in [0.05, 0.1) is 0 Å². The Hall–Kier alpha value is -1.35. The summed E-state index contributed by atoms with van der Waals surface area (Å²) in [4.78, 5) is 14.2. The number of benzene rings is 1. The van der Waals surface area contributed by atoms with Gasteiger partial charge in [0.25, 0.3) is 0 Å². The van der Waals surface area contributed by atoms with Gasteiger partial charge in [-0.05, 0) is 48.8 Å². The van der Waals surface area contributed by atoms with Crippen molar-refractivity contribution in [1.29, 1.82) is 0 Å². The van der Waals surface area contributed by atoms with Crippen LogP contribution >= 0.6 is 0 Å². The molecule has 0 saturated carbocycles. The van der Waals surface area contributed by atoms with Gasteiger partial charge in [-0.2, -0.15) is 0 Å². The summed E-state index contributed by atoms with van der Waals surface area (Å²) in [5.41, 5.74) is 9.94. The molecule has 0 bridgehead atoms. The highest BCUT2D eigenvalue weighted by molar-refractivity contribution is 5.95. The molecule has 0 aliphatic carbocycles. The second kappa shape index (κ2) is 7.77. The number of hydrogen-bond acceptors (Lipinski definition) is 2. The van der Waals surface area contributed by atoms with Gasteiger partial charge in [0.1, 0.15) is 0 Å². The second-order valence-electron chi connectivity index (χ2n) is 6.96. The molecular weight excluding hydrogens is 272 g/mol. The molecule has 1 heterocycles. The molecule has 1 atom stereocenters. The number of anilines is 1. The van der Waals surface area contributed by atoms with Crippen molar-refractivity contribution in [2.75, 3.05) is 11.4 Å². The van der Waals surface area contributed by atoms with Gasteiger partial charge in [0.15, 0.2) is 0 Å². The Bertz CT molecular complexity index is 510. The van der Waals surface area contributed by atoms with Crippen LogP contribution in [0.15, 0.2) is 18.2 Å². The minimum Gasteiger partial charge on any atom is -0.327 e. The SMILES string of the molecule is CCCCC(=O)N1CCc2cc(CC(N)CC(C)C)ccc21. The summed E-state index contributed by atoms with van der Waals surface area (Å²) in [5, 5.41) is 0. The highest BCUT2D eigenvalue weighted by atomic mass is 16.2. The number of hydrogen-bond donors (Lipinski definition) is 1. The molecule has 3 heteroatoms. The monoisotopic (exact) mass is 302 g/mol. The van der Waals surface area contributed by atoms with Crippen molar-refractivity contribution in [2.24, 2.45) is 11.7 Å². The van der Waals surface area contributed by atoms with Crippen molar-refractivity contribution in [3.8, 4) is 0 Å². The first kappa shape index (κ1) is 17.0. The molecule has 2 rings (SSSR count). The highest BCUT2D eigenvalue weighted by Gasteiger charge is 2.24. The van der Waals surface area contributed by atoms with Crippen LogP contribution in [0.3, 0.4) is 0 Å². The Kier molecular flexibility index (Phi) is 6.01. The normalized spacial score (nSPS) is 15.2. The van der Waals surface area contributed by atoms with E-state index in [1.165, 1.54) is 11.1 Å². The van der Waals surface area contributed by atoms with E-state index in [1.54, 1.807) is 0 Å². The Morgan fingerprint density at radius 1 is 1.36 bits per heavy atom. The lowest BCUT2D eigenvalue weighted by atomic mass is 9.96. The molecule has 1 aromatic carbocycles. The largest absolute Gasteiger partial charge is 0.327 e. The van der Waals surface area contributed by atoms with E-state index in [2.05, 4.69) is 39.0 Å². The number of fused-ring (bicyclic) bond motifs is 1. The van der Waals surface area contributed by atoms with E-state index in [0.29, 0.717) is 12.3 Å². The van der Waals surface area contributed by atoms with Crippen molar-refractivity contribution in [3.05, 3.63) is 29.3 Å². The summed E-state index contributed by atoms with van der Waals surface area (Å²) in [6.07, 6.45) is 5.66. The predicted molar refractivity (Wildman–Crippen MR) is 93.2 cm³/mol. The first-order valence-electron chi connectivity index (χ1n) is 8.69. The number of rotatable bonds is 7. The second-order valence-corrected chi connectivity index (χ2v) is 6.96. The minimum absolute atomic E-state index is 0.224. The molecule has 1 amide bonds. The maximum atomic E-state index is 12.3. The van der Waals surface area contributed by atoms with Crippen LogP contribution in [0.1, 0.15) is 57.6 Å². The molecule has 0 aromatic heterocycles. The van der Waals surface area contributed by atoms with Crippen LogP contribution in [0.2, 0.25) is 0 Å². The molecule has 1 aliphatic heterocycles. The third-order valence-corrected chi connectivity index (χ3v) is 4.36. The zero-order valence-electron chi connectivity index (χ0n) is 14.3. The van der Waals surface area contributed by atoms with Crippen molar-refractivity contribution < 1.29 is 4.79 Å². The summed E-state index contributed by atoms with van der Waals surface area (Å²) < 4.78 is 0. The van der Waals surface area contributed by atoms with Crippen LogP contribution in [0.25, 0.3) is 0 Å². The molecule has 1 aliphatic rings. The molecule has 2 N–H and O–H groups in total. The van der Waals surface area contributed by atoms with Crippen LogP contribution in [0.5, 0.6) is 0 Å². The lowest BCUT2D eigenvalue weighted by Crippen LogP contribution is -2.28. The van der Waals surface area contributed by atoms with Crippen LogP contribution in [0, 0.1) is 5.92 Å². The van der Waals surface area contributed by atoms with Crippen molar-refractivity contribution in [1.82, 2.24) is 0 Å². The van der Waals surface area contributed by atoms with Gasteiger partial charge in [0, 0.05) is 24.7 Å². The van der Waals surface area contributed by atoms with Crippen LogP contribution in [-0.4, -0.2) is 18.5 Å². The summed E-state index contributed by atoms with van der Waals surface area (Å²) in [6, 6.07) is 6.73. The Morgan fingerprint density at radius 3 is 2.82 bits per heavy atom.